The summed E-state index contributed by atoms with van der Waals surface area (Å²) in [6.45, 7) is 3.85. The second-order valence-electron chi connectivity index (χ2n) is 6.26. The number of hydrogen-bond acceptors (Lipinski definition) is 6. The molecule has 0 saturated heterocycles. The van der Waals surface area contributed by atoms with Crippen molar-refractivity contribution in [2.75, 3.05) is 39.6 Å². The van der Waals surface area contributed by atoms with E-state index in [-0.39, 0.29) is 11.4 Å². The largest absolute Gasteiger partial charge is 0.490 e. The van der Waals surface area contributed by atoms with Crippen molar-refractivity contribution in [3.05, 3.63) is 48.0 Å². The van der Waals surface area contributed by atoms with E-state index in [2.05, 4.69) is 4.72 Å². The van der Waals surface area contributed by atoms with Gasteiger partial charge in [-0.2, -0.15) is 0 Å². The molecule has 0 heterocycles. The van der Waals surface area contributed by atoms with Crippen LogP contribution < -0.4 is 19.9 Å². The monoisotopic (exact) mass is 393 g/mol. The maximum Gasteiger partial charge on any atom is 0.240 e. The first-order chi connectivity index (χ1) is 12.8. The van der Waals surface area contributed by atoms with E-state index in [1.54, 1.807) is 24.3 Å². The Bertz CT molecular complexity index is 837. The number of nitrogen functional groups attached to an aromatic ring is 1. The highest BCUT2D eigenvalue weighted by atomic mass is 32.2. The SMILES string of the molecule is CCOc1cc(CNS(=O)(=O)c2ccc(N)cc2)ccc1OCCN(C)C. The average Bonchev–Trinajstić information content (AvgIpc) is 2.62. The lowest BCUT2D eigenvalue weighted by molar-refractivity contribution is 0.244. The van der Waals surface area contributed by atoms with Gasteiger partial charge in [0.1, 0.15) is 6.61 Å². The first-order valence-electron chi connectivity index (χ1n) is 8.70. The van der Waals surface area contributed by atoms with Crippen LogP contribution in [0.2, 0.25) is 0 Å². The lowest BCUT2D eigenvalue weighted by Gasteiger charge is -2.15. The topological polar surface area (TPSA) is 93.9 Å². The molecule has 0 aliphatic rings. The van der Waals surface area contributed by atoms with Gasteiger partial charge in [-0.25, -0.2) is 13.1 Å². The molecule has 8 heteroatoms. The summed E-state index contributed by atoms with van der Waals surface area (Å²) in [6, 6.07) is 11.5. The van der Waals surface area contributed by atoms with Crippen molar-refractivity contribution in [1.29, 1.82) is 0 Å². The van der Waals surface area contributed by atoms with E-state index in [4.69, 9.17) is 15.2 Å². The molecular weight excluding hydrogens is 366 g/mol. The van der Waals surface area contributed by atoms with Gasteiger partial charge in [0.2, 0.25) is 10.0 Å². The predicted molar refractivity (Wildman–Crippen MR) is 107 cm³/mol. The van der Waals surface area contributed by atoms with Crippen LogP contribution in [-0.4, -0.2) is 47.2 Å². The smallest absolute Gasteiger partial charge is 0.240 e. The summed E-state index contributed by atoms with van der Waals surface area (Å²) in [7, 11) is 0.333. The number of nitrogens with two attached hydrogens (primary N) is 1. The van der Waals surface area contributed by atoms with Gasteiger partial charge in [-0.3, -0.25) is 0 Å². The summed E-state index contributed by atoms with van der Waals surface area (Å²) in [6.07, 6.45) is 0. The van der Waals surface area contributed by atoms with Crippen LogP contribution in [-0.2, 0) is 16.6 Å². The number of nitrogens with zero attached hydrogens (tertiary/aromatic N) is 1. The molecule has 148 valence electrons. The average molecular weight is 394 g/mol. The van der Waals surface area contributed by atoms with E-state index in [0.29, 0.717) is 30.4 Å². The summed E-state index contributed by atoms with van der Waals surface area (Å²) in [5, 5.41) is 0. The minimum Gasteiger partial charge on any atom is -0.490 e. The van der Waals surface area contributed by atoms with E-state index in [1.807, 2.05) is 32.0 Å². The molecule has 0 fully saturated rings. The minimum atomic E-state index is -3.62. The molecule has 0 aliphatic heterocycles. The Labute approximate surface area is 161 Å². The van der Waals surface area contributed by atoms with Crippen LogP contribution in [0.1, 0.15) is 12.5 Å². The van der Waals surface area contributed by atoms with Crippen LogP contribution >= 0.6 is 0 Å². The number of ether oxygens (including phenoxy) is 2. The number of sulfonamides is 1. The van der Waals surface area contributed by atoms with Gasteiger partial charge in [-0.1, -0.05) is 6.07 Å². The van der Waals surface area contributed by atoms with Crippen molar-refractivity contribution in [3.63, 3.8) is 0 Å². The van der Waals surface area contributed by atoms with E-state index in [1.165, 1.54) is 12.1 Å². The van der Waals surface area contributed by atoms with Gasteiger partial charge in [0.15, 0.2) is 11.5 Å². The van der Waals surface area contributed by atoms with Gasteiger partial charge in [-0.15, -0.1) is 0 Å². The maximum absolute atomic E-state index is 12.4. The standard InChI is InChI=1S/C19H27N3O4S/c1-4-25-19-13-15(5-10-18(19)26-12-11-22(2)3)14-21-27(23,24)17-8-6-16(20)7-9-17/h5-10,13,21H,4,11-12,14,20H2,1-3H3. The molecule has 0 atom stereocenters. The molecule has 2 rings (SSSR count). The molecule has 0 aliphatic carbocycles. The number of hydrogen-bond donors (Lipinski definition) is 2. The summed E-state index contributed by atoms with van der Waals surface area (Å²) >= 11 is 0. The molecule has 0 unspecified atom stereocenters. The Morgan fingerprint density at radius 2 is 1.74 bits per heavy atom. The fourth-order valence-electron chi connectivity index (χ4n) is 2.30. The molecule has 27 heavy (non-hydrogen) atoms. The van der Waals surface area contributed by atoms with Crippen LogP contribution in [0.25, 0.3) is 0 Å². The van der Waals surface area contributed by atoms with Crippen molar-refractivity contribution >= 4 is 15.7 Å². The fourth-order valence-corrected chi connectivity index (χ4v) is 3.31. The highest BCUT2D eigenvalue weighted by molar-refractivity contribution is 7.89. The van der Waals surface area contributed by atoms with Gasteiger partial charge in [0, 0.05) is 18.8 Å². The molecule has 0 radical (unpaired) electrons. The van der Waals surface area contributed by atoms with Crippen LogP contribution in [0, 0.1) is 0 Å². The van der Waals surface area contributed by atoms with Gasteiger partial charge in [-0.05, 0) is 63.0 Å². The number of benzene rings is 2. The summed E-state index contributed by atoms with van der Waals surface area (Å²) in [5.74, 6) is 1.24. The second-order valence-corrected chi connectivity index (χ2v) is 8.03. The zero-order valence-corrected chi connectivity index (χ0v) is 16.8. The lowest BCUT2D eigenvalue weighted by Crippen LogP contribution is -2.23. The molecule has 3 N–H and O–H groups in total. The lowest BCUT2D eigenvalue weighted by atomic mass is 10.2. The zero-order valence-electron chi connectivity index (χ0n) is 15.9. The Morgan fingerprint density at radius 1 is 1.04 bits per heavy atom. The third-order valence-corrected chi connectivity index (χ3v) is 5.18. The zero-order chi connectivity index (χ0) is 19.9. The second kappa shape index (κ2) is 9.59. The normalized spacial score (nSPS) is 11.6. The third-order valence-electron chi connectivity index (χ3n) is 3.76. The first-order valence-corrected chi connectivity index (χ1v) is 10.2. The maximum atomic E-state index is 12.4. The van der Waals surface area contributed by atoms with Gasteiger partial charge in [0.25, 0.3) is 0 Å². The highest BCUT2D eigenvalue weighted by Gasteiger charge is 2.14. The van der Waals surface area contributed by atoms with Gasteiger partial charge in [0.05, 0.1) is 11.5 Å². The molecule has 7 nitrogen and oxygen atoms in total. The Morgan fingerprint density at radius 3 is 2.37 bits per heavy atom. The number of nitrogens with one attached hydrogen (secondary N) is 1. The Kier molecular flexibility index (Phi) is 7.46. The van der Waals surface area contributed by atoms with Crippen molar-refractivity contribution in [2.45, 2.75) is 18.4 Å². The quantitative estimate of drug-likeness (QED) is 0.600. The number of likely N-dealkylation sites (N-methyl/N-ethyl adjacent to an activating group) is 1. The third kappa shape index (κ3) is 6.42. The van der Waals surface area contributed by atoms with Gasteiger partial charge >= 0.3 is 0 Å². The molecule has 0 bridgehead atoms. The summed E-state index contributed by atoms with van der Waals surface area (Å²) in [5.41, 5.74) is 6.89. The van der Waals surface area contributed by atoms with Crippen LogP contribution in [0.5, 0.6) is 11.5 Å². The van der Waals surface area contributed by atoms with Gasteiger partial charge < -0.3 is 20.1 Å². The minimum absolute atomic E-state index is 0.144. The molecule has 0 aromatic heterocycles. The van der Waals surface area contributed by atoms with E-state index < -0.39 is 10.0 Å². The highest BCUT2D eigenvalue weighted by Crippen LogP contribution is 2.28. The van der Waals surface area contributed by atoms with Crippen molar-refractivity contribution in [1.82, 2.24) is 9.62 Å². The van der Waals surface area contributed by atoms with Crippen molar-refractivity contribution in [2.24, 2.45) is 0 Å². The van der Waals surface area contributed by atoms with Crippen LogP contribution in [0.3, 0.4) is 0 Å². The van der Waals surface area contributed by atoms with Crippen LogP contribution in [0.15, 0.2) is 47.4 Å². The summed E-state index contributed by atoms with van der Waals surface area (Å²) < 4.78 is 38.8. The van der Waals surface area contributed by atoms with E-state index in [0.717, 1.165) is 12.1 Å². The van der Waals surface area contributed by atoms with E-state index in [9.17, 15) is 8.42 Å². The van der Waals surface area contributed by atoms with Crippen molar-refractivity contribution < 1.29 is 17.9 Å². The molecular formula is C19H27N3O4S. The molecule has 2 aromatic rings. The van der Waals surface area contributed by atoms with E-state index >= 15 is 0 Å². The molecule has 0 saturated carbocycles. The van der Waals surface area contributed by atoms with Crippen LogP contribution in [0.4, 0.5) is 5.69 Å². The predicted octanol–water partition coefficient (Wildman–Crippen LogP) is 2.09. The first kappa shape index (κ1) is 21.0. The molecule has 0 spiro atoms. The number of rotatable bonds is 10. The molecule has 2 aromatic carbocycles. The summed E-state index contributed by atoms with van der Waals surface area (Å²) in [4.78, 5) is 2.20. The Hall–Kier alpha value is -2.29. The molecule has 0 amide bonds. The Balaban J connectivity index is 2.07. The fraction of sp³-hybridized carbons (Fsp3) is 0.368. The van der Waals surface area contributed by atoms with Crippen molar-refractivity contribution in [3.8, 4) is 11.5 Å². The number of anilines is 1.